The number of rotatable bonds is 5. The number of carbonyl (C=O) groups excluding carboxylic acids is 1. The van der Waals surface area contributed by atoms with Crippen molar-refractivity contribution in [3.63, 3.8) is 0 Å². The molecule has 1 aliphatic heterocycles. The Labute approximate surface area is 163 Å². The van der Waals surface area contributed by atoms with Crippen LogP contribution < -0.4 is 4.74 Å². The largest absolute Gasteiger partial charge is 0.494 e. The summed E-state index contributed by atoms with van der Waals surface area (Å²) in [6, 6.07) is 9.41. The normalized spacial score (nSPS) is 14.6. The highest BCUT2D eigenvalue weighted by molar-refractivity contribution is 5.93. The number of aliphatic hydroxyl groups excluding tert-OH is 1. The van der Waals surface area contributed by atoms with E-state index in [2.05, 4.69) is 10.2 Å². The van der Waals surface area contributed by atoms with Gasteiger partial charge in [-0.05, 0) is 24.6 Å². The van der Waals surface area contributed by atoms with Gasteiger partial charge in [0.25, 0.3) is 5.91 Å². The van der Waals surface area contributed by atoms with E-state index in [1.165, 1.54) is 0 Å². The number of aromatic nitrogens is 4. The lowest BCUT2D eigenvalue weighted by atomic mass is 10.2. The fourth-order valence-corrected chi connectivity index (χ4v) is 3.40. The summed E-state index contributed by atoms with van der Waals surface area (Å²) < 4.78 is 8.89. The van der Waals surface area contributed by atoms with Gasteiger partial charge in [0.2, 0.25) is 0 Å². The lowest BCUT2D eigenvalue weighted by Crippen LogP contribution is -2.38. The Kier molecular flexibility index (Phi) is 4.87. The van der Waals surface area contributed by atoms with Crippen LogP contribution in [-0.4, -0.2) is 49.1 Å². The van der Waals surface area contributed by atoms with Crippen LogP contribution in [0.1, 0.15) is 41.2 Å². The molecule has 3 aromatic rings. The fourth-order valence-electron chi connectivity index (χ4n) is 3.40. The first-order chi connectivity index (χ1) is 13.6. The van der Waals surface area contributed by atoms with Crippen molar-refractivity contribution in [1.82, 2.24) is 24.5 Å². The van der Waals surface area contributed by atoms with E-state index < -0.39 is 6.10 Å². The molecule has 0 spiro atoms. The van der Waals surface area contributed by atoms with E-state index in [-0.39, 0.29) is 5.91 Å². The molecule has 8 nitrogen and oxygen atoms in total. The van der Waals surface area contributed by atoms with E-state index in [0.717, 1.165) is 11.4 Å². The molecule has 4 rings (SSSR count). The molecule has 1 atom stereocenters. The molecule has 28 heavy (non-hydrogen) atoms. The minimum atomic E-state index is -0.568. The Bertz CT molecular complexity index is 993. The Morgan fingerprint density at radius 1 is 1.32 bits per heavy atom. The second-order valence-corrected chi connectivity index (χ2v) is 6.78. The molecule has 8 heteroatoms. The molecule has 0 aliphatic carbocycles. The van der Waals surface area contributed by atoms with E-state index >= 15 is 0 Å². The van der Waals surface area contributed by atoms with Gasteiger partial charge in [-0.25, -0.2) is 4.68 Å². The molecule has 0 bridgehead atoms. The van der Waals surface area contributed by atoms with Gasteiger partial charge in [-0.1, -0.05) is 19.1 Å². The number of para-hydroxylation sites is 2. The van der Waals surface area contributed by atoms with Gasteiger partial charge >= 0.3 is 0 Å². The number of ether oxygens (including phenoxy) is 1. The van der Waals surface area contributed by atoms with Crippen LogP contribution in [-0.2, 0) is 13.1 Å². The highest BCUT2D eigenvalue weighted by atomic mass is 16.5. The molecule has 1 aliphatic rings. The standard InChI is InChI=1S/C20H23N5O3/c1-3-18(26)16-10-15-13-23(8-9-24(15)22-16)20(27)14-11-21-25(12-14)17-6-4-5-7-19(17)28-2/h4-7,10-12,18,26H,3,8-9,13H2,1-2H3/t18-/m0/s1. The van der Waals surface area contributed by atoms with Crippen molar-refractivity contribution in [1.29, 1.82) is 0 Å². The van der Waals surface area contributed by atoms with Crippen molar-refractivity contribution in [2.24, 2.45) is 0 Å². The third-order valence-corrected chi connectivity index (χ3v) is 4.99. The number of amides is 1. The molecule has 1 N–H and O–H groups in total. The Morgan fingerprint density at radius 3 is 2.93 bits per heavy atom. The molecule has 0 radical (unpaired) electrons. The number of nitrogens with zero attached hydrogens (tertiary/aromatic N) is 5. The zero-order valence-electron chi connectivity index (χ0n) is 15.9. The zero-order chi connectivity index (χ0) is 19.7. The number of methoxy groups -OCH3 is 1. The molecule has 0 unspecified atom stereocenters. The minimum absolute atomic E-state index is 0.0776. The molecule has 0 saturated carbocycles. The van der Waals surface area contributed by atoms with Crippen LogP contribution >= 0.6 is 0 Å². The average molecular weight is 381 g/mol. The van der Waals surface area contributed by atoms with Gasteiger partial charge in [0.1, 0.15) is 11.4 Å². The van der Waals surface area contributed by atoms with Gasteiger partial charge in [-0.15, -0.1) is 0 Å². The Morgan fingerprint density at radius 2 is 2.14 bits per heavy atom. The highest BCUT2D eigenvalue weighted by Gasteiger charge is 2.25. The zero-order valence-corrected chi connectivity index (χ0v) is 15.9. The van der Waals surface area contributed by atoms with E-state index in [1.54, 1.807) is 29.1 Å². The molecule has 0 saturated heterocycles. The second kappa shape index (κ2) is 7.47. The van der Waals surface area contributed by atoms with Gasteiger partial charge in [0.05, 0.1) is 49.5 Å². The van der Waals surface area contributed by atoms with Crippen LogP contribution in [0, 0.1) is 0 Å². The topological polar surface area (TPSA) is 85.4 Å². The highest BCUT2D eigenvalue weighted by Crippen LogP contribution is 2.23. The van der Waals surface area contributed by atoms with Crippen molar-refractivity contribution in [2.45, 2.75) is 32.5 Å². The number of hydrogen-bond acceptors (Lipinski definition) is 5. The molecule has 146 valence electrons. The van der Waals surface area contributed by atoms with Crippen LogP contribution in [0.4, 0.5) is 0 Å². The maximum atomic E-state index is 13.0. The molecule has 3 heterocycles. The number of carbonyl (C=O) groups is 1. The number of fused-ring (bicyclic) bond motifs is 1. The van der Waals surface area contributed by atoms with Crippen LogP contribution in [0.3, 0.4) is 0 Å². The molecule has 2 aromatic heterocycles. The van der Waals surface area contributed by atoms with E-state index in [0.29, 0.717) is 43.1 Å². The van der Waals surface area contributed by atoms with Crippen molar-refractivity contribution < 1.29 is 14.6 Å². The van der Waals surface area contributed by atoms with Crippen molar-refractivity contribution in [3.8, 4) is 11.4 Å². The molecular weight excluding hydrogens is 358 g/mol. The van der Waals surface area contributed by atoms with Gasteiger partial charge in [0.15, 0.2) is 0 Å². The Balaban J connectivity index is 1.53. The predicted molar refractivity (Wildman–Crippen MR) is 102 cm³/mol. The van der Waals surface area contributed by atoms with Gasteiger partial charge in [-0.3, -0.25) is 9.48 Å². The quantitative estimate of drug-likeness (QED) is 0.732. The number of benzene rings is 1. The summed E-state index contributed by atoms with van der Waals surface area (Å²) in [5.41, 5.74) is 2.89. The smallest absolute Gasteiger partial charge is 0.257 e. The monoisotopic (exact) mass is 381 g/mol. The summed E-state index contributed by atoms with van der Waals surface area (Å²) in [4.78, 5) is 14.7. The van der Waals surface area contributed by atoms with Gasteiger partial charge in [0, 0.05) is 12.7 Å². The van der Waals surface area contributed by atoms with Gasteiger partial charge in [-0.2, -0.15) is 10.2 Å². The summed E-state index contributed by atoms with van der Waals surface area (Å²) in [6.45, 7) is 3.55. The van der Waals surface area contributed by atoms with E-state index in [1.807, 2.05) is 41.9 Å². The maximum Gasteiger partial charge on any atom is 0.257 e. The molecule has 1 aromatic carbocycles. The first-order valence-corrected chi connectivity index (χ1v) is 9.32. The summed E-state index contributed by atoms with van der Waals surface area (Å²) >= 11 is 0. The van der Waals surface area contributed by atoms with Crippen LogP contribution in [0.15, 0.2) is 42.7 Å². The third-order valence-electron chi connectivity index (χ3n) is 4.99. The first-order valence-electron chi connectivity index (χ1n) is 9.32. The lowest BCUT2D eigenvalue weighted by molar-refractivity contribution is 0.0705. The summed E-state index contributed by atoms with van der Waals surface area (Å²) in [5, 5.41) is 18.8. The van der Waals surface area contributed by atoms with Crippen LogP contribution in [0.5, 0.6) is 5.75 Å². The van der Waals surface area contributed by atoms with Crippen LogP contribution in [0.25, 0.3) is 5.69 Å². The first kappa shape index (κ1) is 18.2. The van der Waals surface area contributed by atoms with E-state index in [4.69, 9.17) is 4.74 Å². The third kappa shape index (κ3) is 3.27. The predicted octanol–water partition coefficient (Wildman–Crippen LogP) is 2.18. The Hall–Kier alpha value is -3.13. The minimum Gasteiger partial charge on any atom is -0.494 e. The van der Waals surface area contributed by atoms with Crippen LogP contribution in [0.2, 0.25) is 0 Å². The number of hydrogen-bond donors (Lipinski definition) is 1. The summed E-state index contributed by atoms with van der Waals surface area (Å²) in [7, 11) is 1.61. The summed E-state index contributed by atoms with van der Waals surface area (Å²) in [5.74, 6) is 0.611. The second-order valence-electron chi connectivity index (χ2n) is 6.78. The fraction of sp³-hybridized carbons (Fsp3) is 0.350. The van der Waals surface area contributed by atoms with E-state index in [9.17, 15) is 9.90 Å². The number of aliphatic hydroxyl groups is 1. The lowest BCUT2D eigenvalue weighted by Gasteiger charge is -2.27. The maximum absolute atomic E-state index is 13.0. The van der Waals surface area contributed by atoms with Crippen molar-refractivity contribution >= 4 is 5.91 Å². The molecular formula is C20H23N5O3. The van der Waals surface area contributed by atoms with Gasteiger partial charge < -0.3 is 14.7 Å². The molecule has 0 fully saturated rings. The SMILES string of the molecule is CC[C@H](O)c1cc2n(n1)CCN(C(=O)c1cnn(-c3ccccc3OC)c1)C2. The van der Waals surface area contributed by atoms with Crippen molar-refractivity contribution in [2.75, 3.05) is 13.7 Å². The van der Waals surface area contributed by atoms with Crippen molar-refractivity contribution in [3.05, 3.63) is 59.7 Å². The summed E-state index contributed by atoms with van der Waals surface area (Å²) in [6.07, 6.45) is 3.34. The molecule has 1 amide bonds. The average Bonchev–Trinajstić information content (AvgIpc) is 3.39.